The van der Waals surface area contributed by atoms with Gasteiger partial charge >= 0.3 is 0 Å². The number of para-hydroxylation sites is 1. The van der Waals surface area contributed by atoms with E-state index in [4.69, 9.17) is 23.8 Å². The highest BCUT2D eigenvalue weighted by atomic mass is 35.5. The topological polar surface area (TPSA) is 27.3 Å². The fraction of sp³-hybridized carbons (Fsp3) is 0.381. The molecule has 1 aliphatic heterocycles. The highest BCUT2D eigenvalue weighted by Gasteiger charge is 2.16. The summed E-state index contributed by atoms with van der Waals surface area (Å²) in [6.07, 6.45) is 2.56. The van der Waals surface area contributed by atoms with Gasteiger partial charge in [0.15, 0.2) is 5.11 Å². The molecule has 2 aromatic rings. The molecule has 0 aromatic heterocycles. The van der Waals surface area contributed by atoms with Gasteiger partial charge in [0.25, 0.3) is 0 Å². The largest absolute Gasteiger partial charge is 0.372 e. The summed E-state index contributed by atoms with van der Waals surface area (Å²) < 4.78 is 0. The van der Waals surface area contributed by atoms with Crippen LogP contribution in [0.1, 0.15) is 38.3 Å². The van der Waals surface area contributed by atoms with E-state index in [1.807, 2.05) is 24.3 Å². The first-order chi connectivity index (χ1) is 12.5. The number of benzene rings is 2. The molecule has 3 rings (SSSR count). The lowest BCUT2D eigenvalue weighted by atomic mass is 9.98. The molecular weight excluding hydrogens is 362 g/mol. The molecule has 1 fully saturated rings. The fourth-order valence-corrected chi connectivity index (χ4v) is 3.71. The summed E-state index contributed by atoms with van der Waals surface area (Å²) in [5, 5.41) is 7.71. The summed E-state index contributed by atoms with van der Waals surface area (Å²) in [6, 6.07) is 16.5. The van der Waals surface area contributed by atoms with Crippen LogP contribution >= 0.6 is 23.8 Å². The van der Waals surface area contributed by atoms with Gasteiger partial charge in [0.2, 0.25) is 0 Å². The van der Waals surface area contributed by atoms with Crippen molar-refractivity contribution in [1.29, 1.82) is 0 Å². The van der Waals surface area contributed by atoms with Crippen LogP contribution in [0, 0.1) is 5.92 Å². The molecule has 5 heteroatoms. The van der Waals surface area contributed by atoms with E-state index >= 15 is 0 Å². The Hall–Kier alpha value is -1.78. The molecule has 3 nitrogen and oxygen atoms in total. The first kappa shape index (κ1) is 19.0. The van der Waals surface area contributed by atoms with Gasteiger partial charge in [0, 0.05) is 18.8 Å². The molecule has 1 heterocycles. The lowest BCUT2D eigenvalue weighted by Crippen LogP contribution is -2.33. The molecule has 1 saturated heterocycles. The van der Waals surface area contributed by atoms with Crippen LogP contribution in [-0.2, 0) is 0 Å². The van der Waals surface area contributed by atoms with E-state index in [0.29, 0.717) is 10.1 Å². The highest BCUT2D eigenvalue weighted by Crippen LogP contribution is 2.25. The lowest BCUT2D eigenvalue weighted by molar-refractivity contribution is 0.438. The number of thiocarbonyl (C=S) groups is 1. The van der Waals surface area contributed by atoms with E-state index < -0.39 is 0 Å². The Morgan fingerprint density at radius 3 is 2.42 bits per heavy atom. The third-order valence-corrected chi connectivity index (χ3v) is 5.56. The van der Waals surface area contributed by atoms with Crippen molar-refractivity contribution in [3.63, 3.8) is 0 Å². The monoisotopic (exact) mass is 387 g/mol. The van der Waals surface area contributed by atoms with E-state index in [0.717, 1.165) is 24.7 Å². The maximum absolute atomic E-state index is 6.17. The smallest absolute Gasteiger partial charge is 0.171 e. The van der Waals surface area contributed by atoms with Crippen molar-refractivity contribution in [2.45, 2.75) is 32.7 Å². The molecular formula is C21H26ClN3S. The third kappa shape index (κ3) is 4.89. The van der Waals surface area contributed by atoms with E-state index in [2.05, 4.69) is 53.6 Å². The Bertz CT molecular complexity index is 739. The van der Waals surface area contributed by atoms with Crippen LogP contribution in [0.15, 0.2) is 48.5 Å². The second kappa shape index (κ2) is 8.74. The molecule has 1 atom stereocenters. The standard InChI is InChI=1S/C21H26ClN3S/c1-15-11-13-25(14-12-15)18-9-7-17(8-10-18)16(2)23-21(26)24-20-6-4-3-5-19(20)22/h3-10,15-16H,11-14H2,1-2H3,(H2,23,24,26)/t16-/m1/s1. The normalized spacial score (nSPS) is 16.2. The van der Waals surface area contributed by atoms with E-state index in [9.17, 15) is 0 Å². The van der Waals surface area contributed by atoms with Crippen molar-refractivity contribution < 1.29 is 0 Å². The predicted octanol–water partition coefficient (Wildman–Crippen LogP) is 5.62. The number of halogens is 1. The Morgan fingerprint density at radius 1 is 1.12 bits per heavy atom. The van der Waals surface area contributed by atoms with E-state index in [1.165, 1.54) is 24.1 Å². The second-order valence-corrected chi connectivity index (χ2v) is 7.88. The number of rotatable bonds is 4. The molecule has 0 bridgehead atoms. The zero-order chi connectivity index (χ0) is 18.5. The molecule has 0 saturated carbocycles. The summed E-state index contributed by atoms with van der Waals surface area (Å²) in [5.74, 6) is 0.848. The average Bonchev–Trinajstić information content (AvgIpc) is 2.64. The Morgan fingerprint density at radius 2 is 1.77 bits per heavy atom. The third-order valence-electron chi connectivity index (χ3n) is 5.01. The minimum atomic E-state index is 0.118. The molecule has 0 amide bonds. The molecule has 0 spiro atoms. The summed E-state index contributed by atoms with van der Waals surface area (Å²) in [4.78, 5) is 2.48. The van der Waals surface area contributed by atoms with Crippen molar-refractivity contribution in [3.05, 3.63) is 59.1 Å². The first-order valence-corrected chi connectivity index (χ1v) is 9.98. The summed E-state index contributed by atoms with van der Waals surface area (Å²) in [6.45, 7) is 6.76. The van der Waals surface area contributed by atoms with Crippen LogP contribution in [0.25, 0.3) is 0 Å². The van der Waals surface area contributed by atoms with Gasteiger partial charge in [0.05, 0.1) is 16.8 Å². The number of nitrogens with one attached hydrogen (secondary N) is 2. The molecule has 0 unspecified atom stereocenters. The van der Waals surface area contributed by atoms with Gasteiger partial charge in [-0.25, -0.2) is 0 Å². The van der Waals surface area contributed by atoms with Gasteiger partial charge in [-0.15, -0.1) is 0 Å². The molecule has 26 heavy (non-hydrogen) atoms. The van der Waals surface area contributed by atoms with Crippen LogP contribution in [0.5, 0.6) is 0 Å². The van der Waals surface area contributed by atoms with Crippen LogP contribution < -0.4 is 15.5 Å². The summed E-state index contributed by atoms with van der Waals surface area (Å²) >= 11 is 11.6. The van der Waals surface area contributed by atoms with E-state index in [1.54, 1.807) is 0 Å². The van der Waals surface area contributed by atoms with Crippen molar-refractivity contribution in [1.82, 2.24) is 5.32 Å². The van der Waals surface area contributed by atoms with Gasteiger partial charge < -0.3 is 15.5 Å². The molecule has 138 valence electrons. The second-order valence-electron chi connectivity index (χ2n) is 7.06. The zero-order valence-corrected chi connectivity index (χ0v) is 16.9. The Balaban J connectivity index is 1.57. The average molecular weight is 388 g/mol. The van der Waals surface area contributed by atoms with Gasteiger partial charge in [-0.05, 0) is 67.7 Å². The number of anilines is 2. The summed E-state index contributed by atoms with van der Waals surface area (Å²) in [5.41, 5.74) is 3.33. The van der Waals surface area contributed by atoms with Gasteiger partial charge in [-0.3, -0.25) is 0 Å². The zero-order valence-electron chi connectivity index (χ0n) is 15.3. The van der Waals surface area contributed by atoms with E-state index in [-0.39, 0.29) is 6.04 Å². The minimum absolute atomic E-state index is 0.118. The predicted molar refractivity (Wildman–Crippen MR) is 116 cm³/mol. The molecule has 2 N–H and O–H groups in total. The van der Waals surface area contributed by atoms with Crippen LogP contribution in [0.4, 0.5) is 11.4 Å². The number of piperidine rings is 1. The quantitative estimate of drug-likeness (QED) is 0.665. The number of nitrogens with zero attached hydrogens (tertiary/aromatic N) is 1. The minimum Gasteiger partial charge on any atom is -0.372 e. The maximum atomic E-state index is 6.17. The summed E-state index contributed by atoms with van der Waals surface area (Å²) in [7, 11) is 0. The fourth-order valence-electron chi connectivity index (χ4n) is 3.24. The number of hydrogen-bond acceptors (Lipinski definition) is 2. The van der Waals surface area contributed by atoms with Gasteiger partial charge in [-0.1, -0.05) is 42.8 Å². The number of hydrogen-bond donors (Lipinski definition) is 2. The van der Waals surface area contributed by atoms with Gasteiger partial charge in [-0.2, -0.15) is 0 Å². The highest BCUT2D eigenvalue weighted by molar-refractivity contribution is 7.80. The van der Waals surface area contributed by atoms with Crippen molar-refractivity contribution >= 4 is 40.3 Å². The van der Waals surface area contributed by atoms with Gasteiger partial charge in [0.1, 0.15) is 0 Å². The lowest BCUT2D eigenvalue weighted by Gasteiger charge is -2.32. The van der Waals surface area contributed by atoms with Crippen LogP contribution in [0.2, 0.25) is 5.02 Å². The molecule has 0 radical (unpaired) electrons. The molecule has 0 aliphatic carbocycles. The molecule has 2 aromatic carbocycles. The first-order valence-electron chi connectivity index (χ1n) is 9.20. The van der Waals surface area contributed by atoms with Crippen LogP contribution in [0.3, 0.4) is 0 Å². The SMILES string of the molecule is CC1CCN(c2ccc([C@@H](C)NC(=S)Nc3ccccc3Cl)cc2)CC1. The van der Waals surface area contributed by atoms with Crippen molar-refractivity contribution in [3.8, 4) is 0 Å². The Kier molecular flexibility index (Phi) is 6.38. The van der Waals surface area contributed by atoms with Crippen LogP contribution in [-0.4, -0.2) is 18.2 Å². The van der Waals surface area contributed by atoms with Crippen molar-refractivity contribution in [2.75, 3.05) is 23.3 Å². The van der Waals surface area contributed by atoms with Crippen molar-refractivity contribution in [2.24, 2.45) is 5.92 Å². The molecule has 1 aliphatic rings. The maximum Gasteiger partial charge on any atom is 0.171 e. The Labute approximate surface area is 166 Å².